The van der Waals surface area contributed by atoms with Crippen LogP contribution in [0.25, 0.3) is 54.0 Å². The number of benzene rings is 3. The van der Waals surface area contributed by atoms with Crippen LogP contribution in [0.2, 0.25) is 0 Å². The molecule has 7 aromatic rings. The molecule has 171 valence electrons. The molecule has 0 aliphatic heterocycles. The summed E-state index contributed by atoms with van der Waals surface area (Å²) in [4.78, 5) is 18.7. The second-order valence-corrected chi connectivity index (χ2v) is 8.74. The SMILES string of the molecule is [Ir].[c-]1c(-c2nccc3ccccc23)sc2ccccc12.c1ccc(-c2nc3ccccc3[n-]2)nc1. The molecule has 0 fully saturated rings. The van der Waals surface area contributed by atoms with Crippen LogP contribution in [0.1, 0.15) is 0 Å². The second kappa shape index (κ2) is 10.3. The molecule has 3 aromatic carbocycles. The quantitative estimate of drug-likeness (QED) is 0.187. The Morgan fingerprint density at radius 3 is 2.37 bits per heavy atom. The van der Waals surface area contributed by atoms with E-state index in [-0.39, 0.29) is 20.1 Å². The van der Waals surface area contributed by atoms with E-state index in [0.717, 1.165) is 32.7 Å². The molecule has 4 nitrogen and oxygen atoms in total. The molecule has 7 rings (SSSR count). The van der Waals surface area contributed by atoms with Crippen molar-refractivity contribution >= 4 is 43.2 Å². The van der Waals surface area contributed by atoms with E-state index in [1.165, 1.54) is 15.5 Å². The average Bonchev–Trinajstić information content (AvgIpc) is 3.54. The van der Waals surface area contributed by atoms with Gasteiger partial charge in [0.05, 0.1) is 5.69 Å². The Labute approximate surface area is 220 Å². The normalized spacial score (nSPS) is 10.6. The van der Waals surface area contributed by atoms with Crippen LogP contribution in [0.15, 0.2) is 109 Å². The van der Waals surface area contributed by atoms with Crippen molar-refractivity contribution in [2.75, 3.05) is 0 Å². The average molecular weight is 647 g/mol. The first kappa shape index (κ1) is 23.1. The van der Waals surface area contributed by atoms with Gasteiger partial charge in [0.15, 0.2) is 0 Å². The first-order chi connectivity index (χ1) is 16.8. The minimum Gasteiger partial charge on any atom is -0.434 e. The molecule has 0 saturated heterocycles. The van der Waals surface area contributed by atoms with Crippen molar-refractivity contribution in [2.24, 2.45) is 0 Å². The molecule has 0 spiro atoms. The molecule has 0 aliphatic rings. The van der Waals surface area contributed by atoms with Gasteiger partial charge in [-0.05, 0) is 55.4 Å². The Balaban J connectivity index is 0.000000145. The number of aromatic nitrogens is 4. The maximum atomic E-state index is 4.55. The standard InChI is InChI=1S/C17H10NS.C12H8N3.Ir/c1-3-7-14-12(5-1)9-10-18-17(14)16-11-13-6-2-4-8-15(13)19-16;1-2-6-10-9(5-1)14-12(15-10)11-7-3-4-8-13-11;/h1-10H;1-8H;/q2*-1;. The van der Waals surface area contributed by atoms with Crippen LogP contribution in [-0.4, -0.2) is 15.0 Å². The topological polar surface area (TPSA) is 52.8 Å². The molecule has 0 saturated carbocycles. The van der Waals surface area contributed by atoms with Crippen LogP contribution < -0.4 is 4.98 Å². The van der Waals surface area contributed by atoms with Gasteiger partial charge in [-0.25, -0.2) is 11.3 Å². The van der Waals surface area contributed by atoms with E-state index < -0.39 is 0 Å². The minimum absolute atomic E-state index is 0. The number of hydrogen-bond acceptors (Lipinski definition) is 4. The van der Waals surface area contributed by atoms with E-state index >= 15 is 0 Å². The summed E-state index contributed by atoms with van der Waals surface area (Å²) in [7, 11) is 0. The predicted octanol–water partition coefficient (Wildman–Crippen LogP) is 7.17. The van der Waals surface area contributed by atoms with Crippen molar-refractivity contribution in [3.05, 3.63) is 116 Å². The number of imidazole rings is 1. The van der Waals surface area contributed by atoms with Gasteiger partial charge < -0.3 is 15.0 Å². The summed E-state index contributed by atoms with van der Waals surface area (Å²) >= 11 is 1.75. The maximum Gasteiger partial charge on any atom is 0.0620 e. The van der Waals surface area contributed by atoms with Crippen molar-refractivity contribution in [3.8, 4) is 22.1 Å². The zero-order chi connectivity index (χ0) is 22.7. The number of rotatable bonds is 2. The van der Waals surface area contributed by atoms with Gasteiger partial charge in [-0.2, -0.15) is 0 Å². The summed E-state index contributed by atoms with van der Waals surface area (Å²) in [5.74, 6) is 0.691. The first-order valence-corrected chi connectivity index (χ1v) is 11.7. The summed E-state index contributed by atoms with van der Waals surface area (Å²) in [6.45, 7) is 0. The van der Waals surface area contributed by atoms with E-state index in [1.807, 2.05) is 60.8 Å². The van der Waals surface area contributed by atoms with Gasteiger partial charge in [0, 0.05) is 38.2 Å². The molecule has 0 unspecified atom stereocenters. The summed E-state index contributed by atoms with van der Waals surface area (Å²) in [6.07, 6.45) is 3.62. The van der Waals surface area contributed by atoms with Gasteiger partial charge in [0.1, 0.15) is 0 Å². The molecule has 1 radical (unpaired) electrons. The van der Waals surface area contributed by atoms with Crippen LogP contribution in [-0.2, 0) is 20.1 Å². The van der Waals surface area contributed by atoms with Crippen LogP contribution in [0, 0.1) is 6.07 Å². The Kier molecular flexibility index (Phi) is 6.77. The number of thiophene rings is 1. The third-order valence-electron chi connectivity index (χ3n) is 5.46. The number of pyridine rings is 2. The molecular weight excluding hydrogens is 629 g/mol. The summed E-state index contributed by atoms with van der Waals surface area (Å²) in [6, 6.07) is 35.7. The zero-order valence-corrected chi connectivity index (χ0v) is 21.6. The molecule has 35 heavy (non-hydrogen) atoms. The molecule has 0 amide bonds. The Bertz CT molecular complexity index is 1650. The molecule has 0 bridgehead atoms. The number of hydrogen-bond donors (Lipinski definition) is 0. The number of nitrogens with zero attached hydrogens (tertiary/aromatic N) is 4. The first-order valence-electron chi connectivity index (χ1n) is 10.9. The molecule has 4 aromatic heterocycles. The molecular formula is C29H18IrN4S-2. The monoisotopic (exact) mass is 647 g/mol. The smallest absolute Gasteiger partial charge is 0.0620 e. The van der Waals surface area contributed by atoms with E-state index in [0.29, 0.717) is 5.82 Å². The summed E-state index contributed by atoms with van der Waals surface area (Å²) in [5, 5.41) is 3.57. The summed E-state index contributed by atoms with van der Waals surface area (Å²) < 4.78 is 1.26. The second-order valence-electron chi connectivity index (χ2n) is 7.68. The van der Waals surface area contributed by atoms with Gasteiger partial charge in [0.2, 0.25) is 0 Å². The van der Waals surface area contributed by atoms with Crippen molar-refractivity contribution in [2.45, 2.75) is 0 Å². The van der Waals surface area contributed by atoms with Gasteiger partial charge in [-0.3, -0.25) is 4.98 Å². The molecule has 0 atom stereocenters. The Hall–Kier alpha value is -3.70. The number of fused-ring (bicyclic) bond motifs is 3. The zero-order valence-electron chi connectivity index (χ0n) is 18.4. The van der Waals surface area contributed by atoms with Crippen LogP contribution in [0.5, 0.6) is 0 Å². The van der Waals surface area contributed by atoms with Crippen molar-refractivity contribution in [3.63, 3.8) is 0 Å². The third-order valence-corrected chi connectivity index (χ3v) is 6.54. The Morgan fingerprint density at radius 1 is 0.714 bits per heavy atom. The predicted molar refractivity (Wildman–Crippen MR) is 140 cm³/mol. The molecule has 4 heterocycles. The molecule has 0 N–H and O–H groups in total. The van der Waals surface area contributed by atoms with Crippen LogP contribution in [0.4, 0.5) is 0 Å². The minimum atomic E-state index is 0. The van der Waals surface area contributed by atoms with Gasteiger partial charge in [0.25, 0.3) is 0 Å². The fourth-order valence-corrected chi connectivity index (χ4v) is 4.86. The van der Waals surface area contributed by atoms with Gasteiger partial charge in [-0.1, -0.05) is 66.7 Å². The van der Waals surface area contributed by atoms with Crippen molar-refractivity contribution in [1.82, 2.24) is 19.9 Å². The summed E-state index contributed by atoms with van der Waals surface area (Å²) in [5.41, 5.74) is 3.67. The van der Waals surface area contributed by atoms with Gasteiger partial charge >= 0.3 is 0 Å². The molecule has 0 aliphatic carbocycles. The largest absolute Gasteiger partial charge is 0.434 e. The third kappa shape index (κ3) is 4.77. The van der Waals surface area contributed by atoms with E-state index in [1.54, 1.807) is 17.5 Å². The van der Waals surface area contributed by atoms with E-state index in [9.17, 15) is 0 Å². The van der Waals surface area contributed by atoms with Crippen LogP contribution in [0.3, 0.4) is 0 Å². The molecule has 6 heteroatoms. The Morgan fingerprint density at radius 2 is 1.51 bits per heavy atom. The van der Waals surface area contributed by atoms with E-state index in [4.69, 9.17) is 0 Å². The fraction of sp³-hybridized carbons (Fsp3) is 0. The van der Waals surface area contributed by atoms with Crippen LogP contribution >= 0.6 is 11.3 Å². The fourth-order valence-electron chi connectivity index (χ4n) is 3.84. The van der Waals surface area contributed by atoms with Gasteiger partial charge in [-0.15, -0.1) is 23.6 Å². The maximum absolute atomic E-state index is 4.55. The van der Waals surface area contributed by atoms with Crippen molar-refractivity contribution in [1.29, 1.82) is 0 Å². The van der Waals surface area contributed by atoms with Crippen molar-refractivity contribution < 1.29 is 20.1 Å². The van der Waals surface area contributed by atoms with E-state index in [2.05, 4.69) is 68.5 Å². The number of para-hydroxylation sites is 2.